The van der Waals surface area contributed by atoms with Gasteiger partial charge in [0.15, 0.2) is 0 Å². The Morgan fingerprint density at radius 3 is 2.54 bits per heavy atom. The van der Waals surface area contributed by atoms with Crippen molar-refractivity contribution in [3.63, 3.8) is 0 Å². The van der Waals surface area contributed by atoms with E-state index in [0.29, 0.717) is 6.54 Å². The third-order valence-corrected chi connectivity index (χ3v) is 2.54. The Morgan fingerprint density at radius 1 is 1.38 bits per heavy atom. The molecule has 0 radical (unpaired) electrons. The van der Waals surface area contributed by atoms with Crippen LogP contribution in [-0.4, -0.2) is 12.5 Å². The molecule has 0 aromatic carbocycles. The first-order valence-corrected chi connectivity index (χ1v) is 5.12. The number of carbonyl (C=O) groups excluding carboxylic acids is 1. The van der Waals surface area contributed by atoms with E-state index in [0.717, 1.165) is 18.4 Å². The summed E-state index contributed by atoms with van der Waals surface area (Å²) in [6.07, 6.45) is 5.87. The minimum Gasteiger partial charge on any atom is -0.352 e. The van der Waals surface area contributed by atoms with Crippen LogP contribution in [0.25, 0.3) is 0 Å². The minimum absolute atomic E-state index is 0.225. The van der Waals surface area contributed by atoms with Gasteiger partial charge in [-0.2, -0.15) is 0 Å². The van der Waals surface area contributed by atoms with Gasteiger partial charge in [-0.1, -0.05) is 31.4 Å². The second-order valence-electron chi connectivity index (χ2n) is 4.01. The highest BCUT2D eigenvalue weighted by Crippen LogP contribution is 2.23. The maximum atomic E-state index is 11.6. The molecule has 1 aliphatic carbocycles. The van der Waals surface area contributed by atoms with Gasteiger partial charge in [0.2, 0.25) is 5.91 Å². The molecule has 0 spiro atoms. The molecule has 0 aromatic heterocycles. The molecule has 0 atom stereocenters. The van der Waals surface area contributed by atoms with Gasteiger partial charge in [-0.3, -0.25) is 4.79 Å². The van der Waals surface area contributed by atoms with Crippen LogP contribution in [0.4, 0.5) is 0 Å². The summed E-state index contributed by atoms with van der Waals surface area (Å²) in [6.45, 7) is 6.32. The fourth-order valence-electron chi connectivity index (χ4n) is 1.75. The van der Waals surface area contributed by atoms with Crippen LogP contribution in [0.3, 0.4) is 0 Å². The van der Waals surface area contributed by atoms with Gasteiger partial charge >= 0.3 is 0 Å². The Bertz CT molecular complexity index is 192. The van der Waals surface area contributed by atoms with E-state index in [4.69, 9.17) is 0 Å². The Balaban J connectivity index is 2.25. The first kappa shape index (κ1) is 10.3. The Labute approximate surface area is 80.4 Å². The number of carbonyl (C=O) groups is 1. The molecule has 1 rings (SSSR count). The molecule has 0 heterocycles. The van der Waals surface area contributed by atoms with Crippen molar-refractivity contribution < 1.29 is 4.79 Å². The quantitative estimate of drug-likeness (QED) is 0.665. The largest absolute Gasteiger partial charge is 0.352 e. The third kappa shape index (κ3) is 3.62. The highest BCUT2D eigenvalue weighted by atomic mass is 16.1. The fraction of sp³-hybridized carbons (Fsp3) is 0.727. The Kier molecular flexibility index (Phi) is 4.00. The van der Waals surface area contributed by atoms with Crippen LogP contribution in [0.2, 0.25) is 0 Å². The van der Waals surface area contributed by atoms with Gasteiger partial charge in [0, 0.05) is 12.5 Å². The van der Waals surface area contributed by atoms with E-state index >= 15 is 0 Å². The van der Waals surface area contributed by atoms with Gasteiger partial charge in [0.25, 0.3) is 0 Å². The number of rotatable bonds is 3. The van der Waals surface area contributed by atoms with Crippen LogP contribution in [0.15, 0.2) is 12.2 Å². The van der Waals surface area contributed by atoms with Gasteiger partial charge < -0.3 is 5.32 Å². The molecule has 2 heteroatoms. The van der Waals surface area contributed by atoms with Crippen LogP contribution < -0.4 is 5.32 Å². The second kappa shape index (κ2) is 5.05. The van der Waals surface area contributed by atoms with Gasteiger partial charge in [0.05, 0.1) is 0 Å². The van der Waals surface area contributed by atoms with Crippen LogP contribution in [0, 0.1) is 5.92 Å². The summed E-state index contributed by atoms with van der Waals surface area (Å²) in [7, 11) is 0. The lowest BCUT2D eigenvalue weighted by atomic mass is 9.88. The number of hydrogen-bond acceptors (Lipinski definition) is 1. The number of amides is 1. The van der Waals surface area contributed by atoms with Crippen LogP contribution in [0.5, 0.6) is 0 Å². The summed E-state index contributed by atoms with van der Waals surface area (Å²) < 4.78 is 0. The first-order valence-electron chi connectivity index (χ1n) is 5.12. The van der Waals surface area contributed by atoms with E-state index in [1.54, 1.807) is 0 Å². The molecule has 13 heavy (non-hydrogen) atoms. The molecule has 1 aliphatic rings. The van der Waals surface area contributed by atoms with Gasteiger partial charge in [-0.05, 0) is 19.8 Å². The fourth-order valence-corrected chi connectivity index (χ4v) is 1.75. The van der Waals surface area contributed by atoms with Crippen molar-refractivity contribution in [1.82, 2.24) is 5.32 Å². The van der Waals surface area contributed by atoms with Crippen LogP contribution in [0.1, 0.15) is 39.0 Å². The molecule has 74 valence electrons. The zero-order chi connectivity index (χ0) is 9.68. The summed E-state index contributed by atoms with van der Waals surface area (Å²) in [6, 6.07) is 0. The van der Waals surface area contributed by atoms with Crippen LogP contribution in [-0.2, 0) is 4.79 Å². The standard InChI is InChI=1S/C11H19NO/c1-9(2)8-12-11(13)10-6-4-3-5-7-10/h10H,1,3-8H2,2H3,(H,12,13). The van der Waals surface area contributed by atoms with Crippen LogP contribution >= 0.6 is 0 Å². The van der Waals surface area contributed by atoms with E-state index in [1.807, 2.05) is 6.92 Å². The predicted octanol–water partition coefficient (Wildman–Crippen LogP) is 2.26. The molecule has 0 aliphatic heterocycles. The summed E-state index contributed by atoms with van der Waals surface area (Å²) in [4.78, 5) is 11.6. The van der Waals surface area contributed by atoms with Gasteiger partial charge in [-0.25, -0.2) is 0 Å². The van der Waals surface area contributed by atoms with E-state index in [-0.39, 0.29) is 11.8 Å². The van der Waals surface area contributed by atoms with E-state index in [2.05, 4.69) is 11.9 Å². The maximum Gasteiger partial charge on any atom is 0.223 e. The molecule has 0 unspecified atom stereocenters. The van der Waals surface area contributed by atoms with Crippen molar-refractivity contribution in [3.8, 4) is 0 Å². The highest BCUT2D eigenvalue weighted by Gasteiger charge is 2.20. The molecule has 0 aromatic rings. The number of hydrogen-bond donors (Lipinski definition) is 1. The molecule has 2 nitrogen and oxygen atoms in total. The molecule has 1 fully saturated rings. The van der Waals surface area contributed by atoms with Gasteiger partial charge in [0.1, 0.15) is 0 Å². The Morgan fingerprint density at radius 2 is 2.00 bits per heavy atom. The van der Waals surface area contributed by atoms with E-state index in [9.17, 15) is 4.79 Å². The molecule has 1 N–H and O–H groups in total. The normalized spacial score (nSPS) is 18.2. The Hall–Kier alpha value is -0.790. The lowest BCUT2D eigenvalue weighted by Crippen LogP contribution is -2.32. The molecule has 0 saturated heterocycles. The lowest BCUT2D eigenvalue weighted by molar-refractivity contribution is -0.125. The van der Waals surface area contributed by atoms with Crippen molar-refractivity contribution in [1.29, 1.82) is 0 Å². The summed E-state index contributed by atoms with van der Waals surface area (Å²) >= 11 is 0. The SMILES string of the molecule is C=C(C)CNC(=O)C1CCCCC1. The average Bonchev–Trinajstić information content (AvgIpc) is 2.15. The van der Waals surface area contributed by atoms with Crippen molar-refractivity contribution >= 4 is 5.91 Å². The molecule has 1 amide bonds. The van der Waals surface area contributed by atoms with Crippen molar-refractivity contribution in [2.75, 3.05) is 6.54 Å². The van der Waals surface area contributed by atoms with Crippen molar-refractivity contribution in [2.45, 2.75) is 39.0 Å². The zero-order valence-corrected chi connectivity index (χ0v) is 8.44. The zero-order valence-electron chi connectivity index (χ0n) is 8.44. The molecular weight excluding hydrogens is 162 g/mol. The maximum absolute atomic E-state index is 11.6. The van der Waals surface area contributed by atoms with Crippen molar-refractivity contribution in [3.05, 3.63) is 12.2 Å². The third-order valence-electron chi connectivity index (χ3n) is 2.54. The first-order chi connectivity index (χ1) is 6.20. The minimum atomic E-state index is 0.225. The highest BCUT2D eigenvalue weighted by molar-refractivity contribution is 5.78. The number of nitrogens with one attached hydrogen (secondary N) is 1. The summed E-state index contributed by atoms with van der Waals surface area (Å²) in [5, 5.41) is 2.91. The topological polar surface area (TPSA) is 29.1 Å². The lowest BCUT2D eigenvalue weighted by Gasteiger charge is -2.20. The van der Waals surface area contributed by atoms with Crippen molar-refractivity contribution in [2.24, 2.45) is 5.92 Å². The van der Waals surface area contributed by atoms with Gasteiger partial charge in [-0.15, -0.1) is 0 Å². The molecular formula is C11H19NO. The predicted molar refractivity (Wildman–Crippen MR) is 54.4 cm³/mol. The molecule has 1 saturated carbocycles. The monoisotopic (exact) mass is 181 g/mol. The second-order valence-corrected chi connectivity index (χ2v) is 4.01. The average molecular weight is 181 g/mol. The molecule has 0 bridgehead atoms. The summed E-state index contributed by atoms with van der Waals surface area (Å²) in [5.74, 6) is 0.496. The van der Waals surface area contributed by atoms with E-state index < -0.39 is 0 Å². The summed E-state index contributed by atoms with van der Waals surface area (Å²) in [5.41, 5.74) is 1.02. The smallest absolute Gasteiger partial charge is 0.223 e. The van der Waals surface area contributed by atoms with E-state index in [1.165, 1.54) is 19.3 Å².